The van der Waals surface area contributed by atoms with Crippen molar-refractivity contribution in [2.45, 2.75) is 38.6 Å². The molecule has 1 saturated carbocycles. The minimum atomic E-state index is 0.212. The molecule has 0 aliphatic heterocycles. The fraction of sp³-hybridized carbons (Fsp3) is 0.467. The highest BCUT2D eigenvalue weighted by Gasteiger charge is 2.20. The first-order valence-electron chi connectivity index (χ1n) is 7.02. The van der Waals surface area contributed by atoms with Crippen LogP contribution in [-0.4, -0.2) is 15.9 Å². The van der Waals surface area contributed by atoms with Crippen LogP contribution < -0.4 is 5.32 Å². The molecule has 1 aliphatic rings. The van der Waals surface area contributed by atoms with E-state index in [9.17, 15) is 4.79 Å². The summed E-state index contributed by atoms with van der Waals surface area (Å²) >= 11 is 0. The van der Waals surface area contributed by atoms with E-state index < -0.39 is 0 Å². The van der Waals surface area contributed by atoms with E-state index in [1.165, 1.54) is 19.3 Å². The lowest BCUT2D eigenvalue weighted by atomic mass is 9.88. The number of hydrogen-bond donors (Lipinski definition) is 2. The number of amides is 1. The van der Waals surface area contributed by atoms with Crippen molar-refractivity contribution in [3.63, 3.8) is 0 Å². The van der Waals surface area contributed by atoms with Crippen molar-refractivity contribution in [2.24, 2.45) is 5.92 Å². The third kappa shape index (κ3) is 2.78. The van der Waals surface area contributed by atoms with Crippen LogP contribution in [0.3, 0.4) is 0 Å². The number of H-pyrrole nitrogens is 1. The van der Waals surface area contributed by atoms with Gasteiger partial charge in [-0.05, 0) is 30.5 Å². The zero-order valence-corrected chi connectivity index (χ0v) is 11.0. The molecule has 1 aromatic carbocycles. The molecule has 0 spiro atoms. The first-order chi connectivity index (χ1) is 9.33. The fourth-order valence-corrected chi connectivity index (χ4v) is 2.79. The van der Waals surface area contributed by atoms with Crippen molar-refractivity contribution in [3.8, 4) is 0 Å². The summed E-state index contributed by atoms with van der Waals surface area (Å²) in [4.78, 5) is 19.3. The van der Waals surface area contributed by atoms with E-state index in [4.69, 9.17) is 0 Å². The molecule has 100 valence electrons. The minimum Gasteiger partial charge on any atom is -0.352 e. The van der Waals surface area contributed by atoms with Crippen LogP contribution in [0.15, 0.2) is 24.5 Å². The van der Waals surface area contributed by atoms with Gasteiger partial charge in [0.05, 0.1) is 17.4 Å². The Morgan fingerprint density at radius 1 is 1.32 bits per heavy atom. The van der Waals surface area contributed by atoms with Crippen molar-refractivity contribution in [1.82, 2.24) is 15.3 Å². The summed E-state index contributed by atoms with van der Waals surface area (Å²) < 4.78 is 0. The van der Waals surface area contributed by atoms with Crippen LogP contribution in [0, 0.1) is 5.92 Å². The fourth-order valence-electron chi connectivity index (χ4n) is 2.79. The van der Waals surface area contributed by atoms with Gasteiger partial charge in [-0.2, -0.15) is 0 Å². The Kier molecular flexibility index (Phi) is 3.49. The number of carbonyl (C=O) groups excluding carboxylic acids is 1. The number of aromatic amines is 1. The average molecular weight is 257 g/mol. The van der Waals surface area contributed by atoms with Gasteiger partial charge in [-0.1, -0.05) is 25.3 Å². The van der Waals surface area contributed by atoms with Crippen LogP contribution in [0.4, 0.5) is 0 Å². The summed E-state index contributed by atoms with van der Waals surface area (Å²) in [5.74, 6) is 0.439. The minimum absolute atomic E-state index is 0.212. The largest absolute Gasteiger partial charge is 0.352 e. The quantitative estimate of drug-likeness (QED) is 0.888. The summed E-state index contributed by atoms with van der Waals surface area (Å²) in [6.07, 6.45) is 7.45. The predicted octanol–water partition coefficient (Wildman–Crippen LogP) is 2.76. The van der Waals surface area contributed by atoms with Crippen molar-refractivity contribution in [3.05, 3.63) is 30.1 Å². The molecule has 2 N–H and O–H groups in total. The number of benzene rings is 1. The second kappa shape index (κ2) is 5.43. The molecule has 0 unspecified atom stereocenters. The van der Waals surface area contributed by atoms with E-state index in [0.717, 1.165) is 29.4 Å². The monoisotopic (exact) mass is 257 g/mol. The lowest BCUT2D eigenvalue weighted by Crippen LogP contribution is -2.31. The zero-order chi connectivity index (χ0) is 13.1. The molecule has 4 nitrogen and oxygen atoms in total. The van der Waals surface area contributed by atoms with Gasteiger partial charge in [0.2, 0.25) is 5.91 Å². The zero-order valence-electron chi connectivity index (χ0n) is 11.0. The van der Waals surface area contributed by atoms with Crippen molar-refractivity contribution >= 4 is 16.9 Å². The first-order valence-corrected chi connectivity index (χ1v) is 7.02. The first kappa shape index (κ1) is 12.2. The van der Waals surface area contributed by atoms with Gasteiger partial charge in [0.1, 0.15) is 0 Å². The number of imidazole rings is 1. The molecule has 19 heavy (non-hydrogen) atoms. The van der Waals surface area contributed by atoms with Crippen LogP contribution in [0.25, 0.3) is 11.0 Å². The Morgan fingerprint density at radius 3 is 3.00 bits per heavy atom. The second-order valence-electron chi connectivity index (χ2n) is 5.31. The molecule has 1 fully saturated rings. The maximum atomic E-state index is 12.1. The van der Waals surface area contributed by atoms with Gasteiger partial charge in [0.25, 0.3) is 0 Å². The normalized spacial score (nSPS) is 16.6. The van der Waals surface area contributed by atoms with Crippen LogP contribution in [-0.2, 0) is 11.3 Å². The predicted molar refractivity (Wildman–Crippen MR) is 74.5 cm³/mol. The average Bonchev–Trinajstić information content (AvgIpc) is 2.93. The summed E-state index contributed by atoms with van der Waals surface area (Å²) in [5.41, 5.74) is 3.09. The highest BCUT2D eigenvalue weighted by Crippen LogP contribution is 2.23. The Balaban J connectivity index is 1.60. The van der Waals surface area contributed by atoms with Crippen LogP contribution in [0.5, 0.6) is 0 Å². The molecule has 1 heterocycles. The topological polar surface area (TPSA) is 57.8 Å². The Hall–Kier alpha value is -1.84. The van der Waals surface area contributed by atoms with E-state index in [-0.39, 0.29) is 11.8 Å². The third-order valence-corrected chi connectivity index (χ3v) is 3.93. The molecule has 1 aliphatic carbocycles. The molecule has 1 amide bonds. The van der Waals surface area contributed by atoms with Crippen LogP contribution in [0.2, 0.25) is 0 Å². The summed E-state index contributed by atoms with van der Waals surface area (Å²) in [6, 6.07) is 6.04. The van der Waals surface area contributed by atoms with Gasteiger partial charge >= 0.3 is 0 Å². The number of aromatic nitrogens is 2. The molecule has 0 bridgehead atoms. The van der Waals surface area contributed by atoms with E-state index >= 15 is 0 Å². The van der Waals surface area contributed by atoms with Crippen molar-refractivity contribution < 1.29 is 4.79 Å². The van der Waals surface area contributed by atoms with Gasteiger partial charge in [-0.25, -0.2) is 4.98 Å². The molecule has 0 atom stereocenters. The van der Waals surface area contributed by atoms with Crippen LogP contribution >= 0.6 is 0 Å². The summed E-state index contributed by atoms with van der Waals surface area (Å²) in [6.45, 7) is 0.601. The number of rotatable bonds is 3. The van der Waals surface area contributed by atoms with E-state index in [1.54, 1.807) is 6.33 Å². The third-order valence-electron chi connectivity index (χ3n) is 3.93. The molecule has 4 heteroatoms. The number of nitrogens with one attached hydrogen (secondary N) is 2. The second-order valence-corrected chi connectivity index (χ2v) is 5.31. The Bertz CT molecular complexity index is 570. The highest BCUT2D eigenvalue weighted by molar-refractivity contribution is 5.79. The molecule has 0 radical (unpaired) electrons. The maximum absolute atomic E-state index is 12.1. The van der Waals surface area contributed by atoms with Crippen molar-refractivity contribution in [2.75, 3.05) is 0 Å². The van der Waals surface area contributed by atoms with E-state index in [0.29, 0.717) is 6.54 Å². The smallest absolute Gasteiger partial charge is 0.223 e. The van der Waals surface area contributed by atoms with Gasteiger partial charge in [0.15, 0.2) is 0 Å². The molecule has 0 saturated heterocycles. The van der Waals surface area contributed by atoms with E-state index in [2.05, 4.69) is 15.3 Å². The lowest BCUT2D eigenvalue weighted by molar-refractivity contribution is -0.126. The van der Waals surface area contributed by atoms with Crippen LogP contribution in [0.1, 0.15) is 37.7 Å². The SMILES string of the molecule is O=C(NCc1ccc2nc[nH]c2c1)C1CCCCC1. The van der Waals surface area contributed by atoms with Crippen molar-refractivity contribution in [1.29, 1.82) is 0 Å². The lowest BCUT2D eigenvalue weighted by Gasteiger charge is -2.20. The Morgan fingerprint density at radius 2 is 2.16 bits per heavy atom. The summed E-state index contributed by atoms with van der Waals surface area (Å²) in [5, 5.41) is 3.05. The number of fused-ring (bicyclic) bond motifs is 1. The molecule has 2 aromatic rings. The molecular weight excluding hydrogens is 238 g/mol. The Labute approximate surface area is 112 Å². The molecule has 1 aromatic heterocycles. The number of nitrogens with zero attached hydrogens (tertiary/aromatic N) is 1. The maximum Gasteiger partial charge on any atom is 0.223 e. The number of carbonyl (C=O) groups is 1. The van der Waals surface area contributed by atoms with Gasteiger partial charge in [0, 0.05) is 12.5 Å². The van der Waals surface area contributed by atoms with Gasteiger partial charge in [-0.3, -0.25) is 4.79 Å². The highest BCUT2D eigenvalue weighted by atomic mass is 16.1. The molecule has 3 rings (SSSR count). The van der Waals surface area contributed by atoms with E-state index in [1.807, 2.05) is 18.2 Å². The van der Waals surface area contributed by atoms with Gasteiger partial charge in [-0.15, -0.1) is 0 Å². The number of hydrogen-bond acceptors (Lipinski definition) is 2. The van der Waals surface area contributed by atoms with Gasteiger partial charge < -0.3 is 10.3 Å². The standard InChI is InChI=1S/C15H19N3O/c19-15(12-4-2-1-3-5-12)16-9-11-6-7-13-14(8-11)18-10-17-13/h6-8,10,12H,1-5,9H2,(H,16,19)(H,17,18). The molecular formula is C15H19N3O. The summed E-state index contributed by atoms with van der Waals surface area (Å²) in [7, 11) is 0.